The Morgan fingerprint density at radius 1 is 0.857 bits per heavy atom. The van der Waals surface area contributed by atoms with Crippen molar-refractivity contribution in [3.63, 3.8) is 0 Å². The molecule has 0 unspecified atom stereocenters. The van der Waals surface area contributed by atoms with E-state index in [-0.39, 0.29) is 17.5 Å². The first-order valence-electron chi connectivity index (χ1n) is 10.4. The third kappa shape index (κ3) is 5.03. The van der Waals surface area contributed by atoms with Crippen molar-refractivity contribution >= 4 is 46.3 Å². The predicted octanol–water partition coefficient (Wildman–Crippen LogP) is 4.24. The Balaban J connectivity index is 1.34. The van der Waals surface area contributed by atoms with Crippen LogP contribution >= 0.6 is 11.6 Å². The zero-order valence-electron chi connectivity index (χ0n) is 18.0. The van der Waals surface area contributed by atoms with Gasteiger partial charge in [-0.05, 0) is 54.5 Å². The van der Waals surface area contributed by atoms with Gasteiger partial charge in [0.1, 0.15) is 16.9 Å². The first kappa shape index (κ1) is 21.9. The van der Waals surface area contributed by atoms with Crippen LogP contribution in [0.5, 0.6) is 0 Å². The zero-order chi connectivity index (χ0) is 24.2. The number of H-pyrrole nitrogens is 2. The Bertz CT molecular complexity index is 1600. The van der Waals surface area contributed by atoms with Crippen LogP contribution in [0.1, 0.15) is 32.1 Å². The van der Waals surface area contributed by atoms with Gasteiger partial charge in [-0.2, -0.15) is 0 Å². The number of fused-ring (bicyclic) bond motifs is 1. The van der Waals surface area contributed by atoms with Crippen LogP contribution in [0.4, 0.5) is 11.9 Å². The maximum atomic E-state index is 12.8. The van der Waals surface area contributed by atoms with Gasteiger partial charge in [0, 0.05) is 23.0 Å². The summed E-state index contributed by atoms with van der Waals surface area (Å²) in [5.41, 5.74) is 2.71. The van der Waals surface area contributed by atoms with Gasteiger partial charge >= 0.3 is 0 Å². The molecule has 3 heterocycles. The number of carbonyl (C=O) groups excluding carboxylic acids is 2. The van der Waals surface area contributed by atoms with Gasteiger partial charge in [-0.3, -0.25) is 20.2 Å². The Hall–Kier alpha value is -4.94. The Labute approximate surface area is 204 Å². The van der Waals surface area contributed by atoms with E-state index >= 15 is 0 Å². The van der Waals surface area contributed by atoms with Crippen LogP contribution in [0.3, 0.4) is 0 Å². The molecule has 0 fully saturated rings. The van der Waals surface area contributed by atoms with Crippen LogP contribution in [0.15, 0.2) is 73.1 Å². The minimum absolute atomic E-state index is 0.171. The van der Waals surface area contributed by atoms with Crippen molar-refractivity contribution in [2.45, 2.75) is 0 Å². The molecule has 0 saturated heterocycles. The number of benzene rings is 2. The van der Waals surface area contributed by atoms with Gasteiger partial charge < -0.3 is 9.97 Å². The molecule has 0 aliphatic heterocycles. The van der Waals surface area contributed by atoms with Crippen molar-refractivity contribution in [1.82, 2.24) is 24.9 Å². The average Bonchev–Trinajstić information content (AvgIpc) is 3.53. The largest absolute Gasteiger partial charge is 0.331 e. The normalized spacial score (nSPS) is 10.4. The lowest BCUT2D eigenvalue weighted by atomic mass is 10.2. The monoisotopic (exact) mass is 481 g/mol. The highest BCUT2D eigenvalue weighted by atomic mass is 35.5. The van der Waals surface area contributed by atoms with Crippen LogP contribution in [-0.2, 0) is 0 Å². The minimum Gasteiger partial charge on any atom is -0.331 e. The number of nitrogens with zero attached hydrogens (tertiary/aromatic N) is 3. The lowest BCUT2D eigenvalue weighted by Crippen LogP contribution is -2.15. The van der Waals surface area contributed by atoms with E-state index in [0.29, 0.717) is 33.3 Å². The molecule has 35 heavy (non-hydrogen) atoms. The van der Waals surface area contributed by atoms with Crippen LogP contribution in [0, 0.1) is 11.8 Å². The third-order valence-corrected chi connectivity index (χ3v) is 5.13. The first-order valence-corrected chi connectivity index (χ1v) is 10.8. The number of imidazole rings is 2. The number of hydrogen-bond acceptors (Lipinski definition) is 5. The molecule has 170 valence electrons. The number of nitrogens with one attached hydrogen (secondary N) is 4. The maximum Gasteiger partial charge on any atom is 0.276 e. The van der Waals surface area contributed by atoms with Gasteiger partial charge in [-0.1, -0.05) is 29.7 Å². The van der Waals surface area contributed by atoms with Crippen LogP contribution in [0.25, 0.3) is 11.0 Å². The summed E-state index contributed by atoms with van der Waals surface area (Å²) >= 11 is 5.89. The highest BCUT2D eigenvalue weighted by molar-refractivity contribution is 6.30. The lowest BCUT2D eigenvalue weighted by molar-refractivity contribution is 0.101. The van der Waals surface area contributed by atoms with Gasteiger partial charge in [0.25, 0.3) is 11.8 Å². The molecule has 0 aliphatic carbocycles. The van der Waals surface area contributed by atoms with E-state index in [2.05, 4.69) is 47.4 Å². The van der Waals surface area contributed by atoms with Crippen LogP contribution in [0.2, 0.25) is 5.02 Å². The minimum atomic E-state index is -0.471. The topological polar surface area (TPSA) is 128 Å². The number of aromatic amines is 2. The molecule has 4 N–H and O–H groups in total. The molecule has 5 rings (SSSR count). The summed E-state index contributed by atoms with van der Waals surface area (Å²) in [4.78, 5) is 44.0. The second kappa shape index (κ2) is 9.51. The van der Waals surface area contributed by atoms with Crippen LogP contribution in [-0.4, -0.2) is 36.7 Å². The van der Waals surface area contributed by atoms with Crippen molar-refractivity contribution in [2.75, 3.05) is 10.6 Å². The maximum absolute atomic E-state index is 12.8. The summed E-state index contributed by atoms with van der Waals surface area (Å²) in [6.45, 7) is 0. The number of carbonyl (C=O) groups is 2. The SMILES string of the molecule is O=C(Nc1nc2c(C(=O)Nc3ncc[nH]3)cccc2[nH]1)c1cccc(C#Cc2ccc(Cl)cc2)n1. The summed E-state index contributed by atoms with van der Waals surface area (Å²) in [7, 11) is 0. The van der Waals surface area contributed by atoms with Gasteiger partial charge in [-0.25, -0.2) is 15.0 Å². The molecule has 9 nitrogen and oxygen atoms in total. The fourth-order valence-electron chi connectivity index (χ4n) is 3.25. The number of hydrogen-bond donors (Lipinski definition) is 4. The molecule has 3 aromatic heterocycles. The average molecular weight is 482 g/mol. The number of rotatable bonds is 4. The second-order valence-corrected chi connectivity index (χ2v) is 7.73. The zero-order valence-corrected chi connectivity index (χ0v) is 18.7. The molecule has 0 saturated carbocycles. The number of pyridine rings is 1. The molecule has 2 amide bonds. The molecule has 0 bridgehead atoms. The highest BCUT2D eigenvalue weighted by Gasteiger charge is 2.16. The molecule has 0 aliphatic rings. The summed E-state index contributed by atoms with van der Waals surface area (Å²) < 4.78 is 0. The second-order valence-electron chi connectivity index (χ2n) is 7.30. The standard InChI is InChI=1S/C25H16ClN7O2/c26-16-10-7-15(8-11-16)9-12-17-3-1-6-20(29-17)23(35)33-25-30-19-5-2-4-18(21(19)31-25)22(34)32-24-27-13-14-28-24/h1-8,10-11,13-14H,(H2,27,28,32,34)(H2,30,31,33,35). The fourth-order valence-corrected chi connectivity index (χ4v) is 3.38. The summed E-state index contributed by atoms with van der Waals surface area (Å²) in [5.74, 6) is 5.57. The van der Waals surface area contributed by atoms with E-state index in [4.69, 9.17) is 11.6 Å². The quantitative estimate of drug-likeness (QED) is 0.285. The van der Waals surface area contributed by atoms with E-state index < -0.39 is 5.91 Å². The van der Waals surface area contributed by atoms with Gasteiger partial charge in [0.05, 0.1) is 11.1 Å². The number of amides is 2. The summed E-state index contributed by atoms with van der Waals surface area (Å²) in [6.07, 6.45) is 3.13. The molecule has 5 aromatic rings. The van der Waals surface area contributed by atoms with Crippen molar-refractivity contribution < 1.29 is 9.59 Å². The predicted molar refractivity (Wildman–Crippen MR) is 132 cm³/mol. The van der Waals surface area contributed by atoms with E-state index in [1.54, 1.807) is 66.9 Å². The van der Waals surface area contributed by atoms with Crippen LogP contribution < -0.4 is 10.6 Å². The molecule has 0 atom stereocenters. The lowest BCUT2D eigenvalue weighted by Gasteiger charge is -2.02. The number of halogens is 1. The summed E-state index contributed by atoms with van der Waals surface area (Å²) in [6, 6.07) is 17.2. The van der Waals surface area contributed by atoms with Crippen molar-refractivity contribution in [3.05, 3.63) is 101 Å². The molecule has 2 aromatic carbocycles. The number of anilines is 2. The van der Waals surface area contributed by atoms with Gasteiger partial charge in [0.15, 0.2) is 0 Å². The molecular weight excluding hydrogens is 466 g/mol. The van der Waals surface area contributed by atoms with E-state index in [1.807, 2.05) is 0 Å². The smallest absolute Gasteiger partial charge is 0.276 e. The molecule has 0 radical (unpaired) electrons. The molecule has 0 spiro atoms. The van der Waals surface area contributed by atoms with E-state index in [1.165, 1.54) is 6.20 Å². The van der Waals surface area contributed by atoms with E-state index in [0.717, 1.165) is 5.56 Å². The third-order valence-electron chi connectivity index (χ3n) is 4.88. The van der Waals surface area contributed by atoms with Crippen molar-refractivity contribution in [1.29, 1.82) is 0 Å². The molecular formula is C25H16ClN7O2. The Morgan fingerprint density at radius 3 is 2.46 bits per heavy atom. The highest BCUT2D eigenvalue weighted by Crippen LogP contribution is 2.20. The fraction of sp³-hybridized carbons (Fsp3) is 0. The summed E-state index contributed by atoms with van der Waals surface area (Å²) in [5, 5.41) is 5.98. The Morgan fingerprint density at radius 2 is 1.66 bits per heavy atom. The van der Waals surface area contributed by atoms with Gasteiger partial charge in [0.2, 0.25) is 11.9 Å². The van der Waals surface area contributed by atoms with Crippen molar-refractivity contribution in [3.8, 4) is 11.8 Å². The first-order chi connectivity index (χ1) is 17.0. The number of aromatic nitrogens is 5. The molecule has 10 heteroatoms. The number of para-hydroxylation sites is 1. The van der Waals surface area contributed by atoms with Gasteiger partial charge in [-0.15, -0.1) is 0 Å². The van der Waals surface area contributed by atoms with Crippen molar-refractivity contribution in [2.24, 2.45) is 0 Å². The Kier molecular flexibility index (Phi) is 5.94. The van der Waals surface area contributed by atoms with E-state index in [9.17, 15) is 9.59 Å².